The normalized spacial score (nSPS) is 11.5. The van der Waals surface area contributed by atoms with Crippen LogP contribution < -0.4 is 0 Å². The van der Waals surface area contributed by atoms with Crippen LogP contribution >= 0.6 is 11.3 Å². The molecule has 0 saturated carbocycles. The molecule has 0 aliphatic heterocycles. The molecule has 8 heteroatoms. The van der Waals surface area contributed by atoms with Gasteiger partial charge < -0.3 is 4.98 Å². The molecule has 6 aromatic rings. The Labute approximate surface area is 173 Å². The van der Waals surface area contributed by atoms with E-state index in [1.54, 1.807) is 30.9 Å². The molecule has 6 rings (SSSR count). The van der Waals surface area contributed by atoms with E-state index in [0.29, 0.717) is 0 Å². The Hall–Kier alpha value is -3.91. The minimum absolute atomic E-state index is 0.217. The Kier molecular flexibility index (Phi) is 3.72. The molecule has 6 heterocycles. The zero-order chi connectivity index (χ0) is 20.1. The van der Waals surface area contributed by atoms with Gasteiger partial charge in [-0.2, -0.15) is 9.49 Å². The van der Waals surface area contributed by atoms with Crippen molar-refractivity contribution in [1.29, 1.82) is 0 Å². The largest absolute Gasteiger partial charge is 0.352 e. The minimum atomic E-state index is -0.217. The smallest absolute Gasteiger partial charge is 0.176 e. The van der Waals surface area contributed by atoms with Gasteiger partial charge in [-0.25, -0.2) is 0 Å². The third-order valence-electron chi connectivity index (χ3n) is 5.01. The summed E-state index contributed by atoms with van der Waals surface area (Å²) >= 11 is 1.11. The molecule has 2 N–H and O–H groups in total. The van der Waals surface area contributed by atoms with Gasteiger partial charge in [0.05, 0.1) is 40.5 Å². The zero-order valence-electron chi connectivity index (χ0n) is 15.4. The first kappa shape index (κ1) is 17.0. The Balaban J connectivity index is 1.52. The first-order valence-corrected chi connectivity index (χ1v) is 10.1. The summed E-state index contributed by atoms with van der Waals surface area (Å²) in [7, 11) is 0. The number of halogens is 1. The van der Waals surface area contributed by atoms with Gasteiger partial charge in [0.15, 0.2) is 5.13 Å². The van der Waals surface area contributed by atoms with E-state index in [9.17, 15) is 4.39 Å². The molecule has 0 aliphatic rings. The molecule has 0 spiro atoms. The number of nitrogens with one attached hydrogen (secondary N) is 2. The van der Waals surface area contributed by atoms with E-state index in [1.165, 1.54) is 6.07 Å². The standard InChI is InChI=1S/C22H13FN6S/c23-21-5-4-20(30-21)14-9-24-10-18-12(14)7-17(27-18)22-13-8-16(15-3-1-2-6-25-15)26-11-19(13)28-29-22/h1-11,27H,(H,28,29). The predicted molar refractivity (Wildman–Crippen MR) is 115 cm³/mol. The van der Waals surface area contributed by atoms with Gasteiger partial charge in [0, 0.05) is 33.6 Å². The van der Waals surface area contributed by atoms with Crippen molar-refractivity contribution in [2.45, 2.75) is 0 Å². The maximum Gasteiger partial charge on any atom is 0.176 e. The first-order chi connectivity index (χ1) is 14.8. The summed E-state index contributed by atoms with van der Waals surface area (Å²) in [5.74, 6) is 0. The minimum Gasteiger partial charge on any atom is -0.352 e. The second kappa shape index (κ2) is 6.57. The van der Waals surface area contributed by atoms with Gasteiger partial charge >= 0.3 is 0 Å². The van der Waals surface area contributed by atoms with E-state index in [1.807, 2.05) is 30.3 Å². The molecule has 30 heavy (non-hydrogen) atoms. The summed E-state index contributed by atoms with van der Waals surface area (Å²) in [6.07, 6.45) is 7.04. The van der Waals surface area contributed by atoms with Crippen molar-refractivity contribution in [2.75, 3.05) is 0 Å². The summed E-state index contributed by atoms with van der Waals surface area (Å²) < 4.78 is 13.6. The summed E-state index contributed by atoms with van der Waals surface area (Å²) in [5, 5.41) is 9.24. The summed E-state index contributed by atoms with van der Waals surface area (Å²) in [5.41, 5.74) is 5.80. The highest BCUT2D eigenvalue weighted by Gasteiger charge is 2.16. The Morgan fingerprint density at radius 2 is 1.83 bits per heavy atom. The number of aromatic nitrogens is 6. The highest BCUT2D eigenvalue weighted by Crippen LogP contribution is 2.36. The van der Waals surface area contributed by atoms with E-state index in [0.717, 1.165) is 66.4 Å². The van der Waals surface area contributed by atoms with E-state index < -0.39 is 0 Å². The summed E-state index contributed by atoms with van der Waals surface area (Å²) in [6.45, 7) is 0. The van der Waals surface area contributed by atoms with Crippen molar-refractivity contribution in [3.8, 4) is 33.2 Å². The number of thiophene rings is 1. The Morgan fingerprint density at radius 3 is 2.67 bits per heavy atom. The Morgan fingerprint density at radius 1 is 0.867 bits per heavy atom. The highest BCUT2D eigenvalue weighted by atomic mass is 32.1. The quantitative estimate of drug-likeness (QED) is 0.406. The number of fused-ring (bicyclic) bond motifs is 2. The molecule has 0 aliphatic carbocycles. The van der Waals surface area contributed by atoms with Crippen molar-refractivity contribution >= 4 is 33.1 Å². The van der Waals surface area contributed by atoms with E-state index in [2.05, 4.69) is 30.1 Å². The molecule has 0 radical (unpaired) electrons. The van der Waals surface area contributed by atoms with Gasteiger partial charge in [-0.15, -0.1) is 11.3 Å². The van der Waals surface area contributed by atoms with Crippen molar-refractivity contribution in [3.05, 3.63) is 72.4 Å². The molecule has 0 amide bonds. The molecule has 144 valence electrons. The topological polar surface area (TPSA) is 83.1 Å². The molecule has 6 nitrogen and oxygen atoms in total. The lowest BCUT2D eigenvalue weighted by atomic mass is 10.1. The van der Waals surface area contributed by atoms with E-state index in [4.69, 9.17) is 0 Å². The molecule has 0 saturated heterocycles. The molecule has 6 aromatic heterocycles. The summed E-state index contributed by atoms with van der Waals surface area (Å²) in [4.78, 5) is 17.4. The second-order valence-electron chi connectivity index (χ2n) is 6.84. The fourth-order valence-corrected chi connectivity index (χ4v) is 4.37. The number of hydrogen-bond acceptors (Lipinski definition) is 5. The van der Waals surface area contributed by atoms with Crippen LogP contribution in [0.2, 0.25) is 0 Å². The van der Waals surface area contributed by atoms with Gasteiger partial charge in [-0.1, -0.05) is 6.07 Å². The van der Waals surface area contributed by atoms with Crippen molar-refractivity contribution < 1.29 is 4.39 Å². The number of aromatic amines is 2. The van der Waals surface area contributed by atoms with Gasteiger partial charge in [0.1, 0.15) is 5.69 Å². The number of pyridine rings is 3. The lowest BCUT2D eigenvalue weighted by Crippen LogP contribution is -1.86. The second-order valence-corrected chi connectivity index (χ2v) is 7.87. The molecule has 0 aromatic carbocycles. The maximum atomic E-state index is 13.6. The van der Waals surface area contributed by atoms with Crippen LogP contribution in [0.4, 0.5) is 4.39 Å². The van der Waals surface area contributed by atoms with Crippen LogP contribution in [-0.4, -0.2) is 30.1 Å². The molecular weight excluding hydrogens is 399 g/mol. The van der Waals surface area contributed by atoms with Crippen LogP contribution in [-0.2, 0) is 0 Å². The number of hydrogen-bond donors (Lipinski definition) is 2. The van der Waals surface area contributed by atoms with Crippen LogP contribution in [0.15, 0.2) is 67.3 Å². The number of H-pyrrole nitrogens is 2. The van der Waals surface area contributed by atoms with Crippen LogP contribution in [0.1, 0.15) is 0 Å². The molecule has 0 unspecified atom stereocenters. The third-order valence-corrected chi connectivity index (χ3v) is 5.92. The van der Waals surface area contributed by atoms with Gasteiger partial charge in [0.2, 0.25) is 0 Å². The number of nitrogens with zero attached hydrogens (tertiary/aromatic N) is 4. The molecule has 0 atom stereocenters. The van der Waals surface area contributed by atoms with Gasteiger partial charge in [-0.05, 0) is 36.4 Å². The third kappa shape index (κ3) is 2.69. The van der Waals surface area contributed by atoms with Crippen LogP contribution in [0.5, 0.6) is 0 Å². The van der Waals surface area contributed by atoms with Crippen LogP contribution in [0.3, 0.4) is 0 Å². The van der Waals surface area contributed by atoms with Crippen LogP contribution in [0, 0.1) is 5.13 Å². The fourth-order valence-electron chi connectivity index (χ4n) is 3.61. The van der Waals surface area contributed by atoms with Gasteiger partial charge in [0.25, 0.3) is 0 Å². The van der Waals surface area contributed by atoms with E-state index in [-0.39, 0.29) is 5.13 Å². The molecule has 0 fully saturated rings. The Bertz CT molecular complexity index is 1520. The maximum absolute atomic E-state index is 13.6. The SMILES string of the molecule is Fc1ccc(-c2cncc3[nH]c(-c4n[nH]c5cnc(-c6ccccn6)cc45)cc23)s1. The van der Waals surface area contributed by atoms with E-state index >= 15 is 0 Å². The van der Waals surface area contributed by atoms with Crippen molar-refractivity contribution in [1.82, 2.24) is 30.1 Å². The fraction of sp³-hybridized carbons (Fsp3) is 0. The lowest BCUT2D eigenvalue weighted by Gasteiger charge is -2.00. The number of rotatable bonds is 3. The van der Waals surface area contributed by atoms with Crippen LogP contribution in [0.25, 0.3) is 55.0 Å². The van der Waals surface area contributed by atoms with Crippen molar-refractivity contribution in [3.63, 3.8) is 0 Å². The van der Waals surface area contributed by atoms with Gasteiger partial charge in [-0.3, -0.25) is 20.1 Å². The predicted octanol–water partition coefficient (Wildman–Crippen LogP) is 5.43. The first-order valence-electron chi connectivity index (χ1n) is 9.24. The molecule has 0 bridgehead atoms. The lowest BCUT2D eigenvalue weighted by molar-refractivity contribution is 0.657. The zero-order valence-corrected chi connectivity index (χ0v) is 16.2. The summed E-state index contributed by atoms with van der Waals surface area (Å²) in [6, 6.07) is 13.0. The monoisotopic (exact) mass is 412 g/mol. The average Bonchev–Trinajstić information content (AvgIpc) is 3.51. The average molecular weight is 412 g/mol. The van der Waals surface area contributed by atoms with Crippen molar-refractivity contribution in [2.24, 2.45) is 0 Å². The highest BCUT2D eigenvalue weighted by molar-refractivity contribution is 7.14. The molecular formula is C22H13FN6S.